The fourth-order valence-corrected chi connectivity index (χ4v) is 6.34. The molecule has 0 aliphatic carbocycles. The Labute approximate surface area is 294 Å². The minimum absolute atomic E-state index is 0.0180. The Balaban J connectivity index is 1.23. The molecule has 11 heteroatoms. The number of aryl methyl sites for hydroxylation is 1. The smallest absolute Gasteiger partial charge is 0.335 e. The number of nitrogens with one attached hydrogen (secondary N) is 2. The lowest BCUT2D eigenvalue weighted by molar-refractivity contribution is -0.151. The van der Waals surface area contributed by atoms with E-state index in [0.717, 1.165) is 10.8 Å². The Morgan fingerprint density at radius 1 is 0.860 bits per heavy atom. The van der Waals surface area contributed by atoms with Crippen LogP contribution >= 0.6 is 11.6 Å². The SMILES string of the molecule is COc1cc(CC(=O)N2CCC[C@@]2(COc2ccc(C(=O)O)c(C)c2)Oc2ccc3ccccc3c2)ccc1NC(=O)Nc1ccccc1Cl. The van der Waals surface area contributed by atoms with Crippen molar-refractivity contribution in [2.75, 3.05) is 30.9 Å². The van der Waals surface area contributed by atoms with E-state index in [9.17, 15) is 19.5 Å². The predicted octanol–water partition coefficient (Wildman–Crippen LogP) is 8.17. The number of aromatic carboxylic acids is 1. The molecule has 0 radical (unpaired) electrons. The molecule has 0 spiro atoms. The van der Waals surface area contributed by atoms with Gasteiger partial charge in [-0.05, 0) is 89.8 Å². The summed E-state index contributed by atoms with van der Waals surface area (Å²) in [7, 11) is 1.49. The van der Waals surface area contributed by atoms with Crippen LogP contribution in [-0.4, -0.2) is 53.9 Å². The molecule has 5 aromatic carbocycles. The third-order valence-corrected chi connectivity index (χ3v) is 8.98. The van der Waals surface area contributed by atoms with Crippen molar-refractivity contribution in [3.63, 3.8) is 0 Å². The molecule has 0 aromatic heterocycles. The number of carbonyl (C=O) groups is 3. The van der Waals surface area contributed by atoms with Gasteiger partial charge in [-0.1, -0.05) is 60.1 Å². The Morgan fingerprint density at radius 3 is 2.36 bits per heavy atom. The quantitative estimate of drug-likeness (QED) is 0.127. The van der Waals surface area contributed by atoms with E-state index < -0.39 is 17.7 Å². The van der Waals surface area contributed by atoms with Gasteiger partial charge in [0.2, 0.25) is 11.6 Å². The first-order valence-electron chi connectivity index (χ1n) is 16.1. The maximum Gasteiger partial charge on any atom is 0.335 e. The molecule has 0 unspecified atom stereocenters. The molecule has 1 atom stereocenters. The number of likely N-dealkylation sites (tertiary alicyclic amines) is 1. The number of ether oxygens (including phenoxy) is 3. The number of hydrogen-bond donors (Lipinski definition) is 3. The first kappa shape index (κ1) is 34.1. The normalized spacial score (nSPS) is 15.4. The molecule has 10 nitrogen and oxygen atoms in total. The van der Waals surface area contributed by atoms with E-state index in [4.69, 9.17) is 25.8 Å². The molecular formula is C39H36ClN3O7. The molecule has 3 amide bonds. The van der Waals surface area contributed by atoms with Gasteiger partial charge in [-0.15, -0.1) is 0 Å². The van der Waals surface area contributed by atoms with Crippen LogP contribution in [-0.2, 0) is 11.2 Å². The number of carboxylic acid groups (broad SMARTS) is 1. The van der Waals surface area contributed by atoms with Crippen molar-refractivity contribution in [1.82, 2.24) is 4.90 Å². The number of fused-ring (bicyclic) bond motifs is 1. The lowest BCUT2D eigenvalue weighted by Crippen LogP contribution is -2.56. The average molecular weight is 694 g/mol. The van der Waals surface area contributed by atoms with Gasteiger partial charge in [0, 0.05) is 13.0 Å². The van der Waals surface area contributed by atoms with Crippen LogP contribution in [0.2, 0.25) is 5.02 Å². The van der Waals surface area contributed by atoms with Gasteiger partial charge in [0.05, 0.1) is 35.5 Å². The molecule has 1 heterocycles. The minimum Gasteiger partial charge on any atom is -0.495 e. The molecule has 256 valence electrons. The highest BCUT2D eigenvalue weighted by Crippen LogP contribution is 2.36. The number of anilines is 2. The zero-order valence-corrected chi connectivity index (χ0v) is 28.3. The molecule has 1 saturated heterocycles. The summed E-state index contributed by atoms with van der Waals surface area (Å²) in [6.07, 6.45) is 1.24. The number of carbonyl (C=O) groups excluding carboxylic acids is 2. The summed E-state index contributed by atoms with van der Waals surface area (Å²) in [6, 6.07) is 30.1. The van der Waals surface area contributed by atoms with Crippen molar-refractivity contribution in [2.45, 2.75) is 31.9 Å². The van der Waals surface area contributed by atoms with Gasteiger partial charge in [0.25, 0.3) is 0 Å². The van der Waals surface area contributed by atoms with Crippen LogP contribution in [0, 0.1) is 6.92 Å². The van der Waals surface area contributed by atoms with Crippen molar-refractivity contribution in [1.29, 1.82) is 0 Å². The summed E-state index contributed by atoms with van der Waals surface area (Å²) in [5, 5.41) is 17.4. The summed E-state index contributed by atoms with van der Waals surface area (Å²) in [5.41, 5.74) is 1.17. The van der Waals surface area contributed by atoms with Gasteiger partial charge in [0.1, 0.15) is 23.9 Å². The zero-order chi connectivity index (χ0) is 35.3. The van der Waals surface area contributed by atoms with Crippen LogP contribution < -0.4 is 24.8 Å². The molecule has 3 N–H and O–H groups in total. The highest BCUT2D eigenvalue weighted by molar-refractivity contribution is 6.33. The number of hydrogen-bond acceptors (Lipinski definition) is 6. The maximum absolute atomic E-state index is 14.1. The van der Waals surface area contributed by atoms with Gasteiger partial charge < -0.3 is 34.9 Å². The van der Waals surface area contributed by atoms with E-state index >= 15 is 0 Å². The average Bonchev–Trinajstić information content (AvgIpc) is 3.52. The molecule has 0 bridgehead atoms. The first-order valence-corrected chi connectivity index (χ1v) is 16.5. The summed E-state index contributed by atoms with van der Waals surface area (Å²) in [6.45, 7) is 2.18. The lowest BCUT2D eigenvalue weighted by Gasteiger charge is -2.38. The number of halogens is 1. The van der Waals surface area contributed by atoms with Gasteiger partial charge in [-0.25, -0.2) is 9.59 Å². The molecule has 1 aliphatic rings. The third-order valence-electron chi connectivity index (χ3n) is 8.66. The van der Waals surface area contributed by atoms with E-state index in [2.05, 4.69) is 10.6 Å². The number of methoxy groups -OCH3 is 1. The number of benzene rings is 5. The molecule has 6 rings (SSSR count). The fraction of sp³-hybridized carbons (Fsp3) is 0.205. The van der Waals surface area contributed by atoms with Crippen molar-refractivity contribution < 1.29 is 33.7 Å². The van der Waals surface area contributed by atoms with Gasteiger partial charge >= 0.3 is 12.0 Å². The van der Waals surface area contributed by atoms with Crippen LogP contribution in [0.4, 0.5) is 16.2 Å². The van der Waals surface area contributed by atoms with E-state index in [1.165, 1.54) is 13.2 Å². The zero-order valence-electron chi connectivity index (χ0n) is 27.6. The molecule has 50 heavy (non-hydrogen) atoms. The Hall–Kier alpha value is -5.74. The summed E-state index contributed by atoms with van der Waals surface area (Å²) in [4.78, 5) is 40.1. The van der Waals surface area contributed by atoms with Crippen LogP contribution in [0.3, 0.4) is 0 Å². The molecule has 1 aliphatic heterocycles. The van der Waals surface area contributed by atoms with Gasteiger partial charge in [-0.2, -0.15) is 0 Å². The molecule has 0 saturated carbocycles. The Morgan fingerprint density at radius 2 is 1.60 bits per heavy atom. The highest BCUT2D eigenvalue weighted by Gasteiger charge is 2.47. The predicted molar refractivity (Wildman–Crippen MR) is 193 cm³/mol. The second-order valence-electron chi connectivity index (χ2n) is 12.0. The number of amides is 3. The van der Waals surface area contributed by atoms with Crippen molar-refractivity contribution in [3.05, 3.63) is 125 Å². The van der Waals surface area contributed by atoms with E-state index in [-0.39, 0.29) is 24.5 Å². The summed E-state index contributed by atoms with van der Waals surface area (Å²) >= 11 is 6.18. The van der Waals surface area contributed by atoms with Crippen LogP contribution in [0.5, 0.6) is 17.2 Å². The minimum atomic E-state index is -1.14. The second kappa shape index (κ2) is 14.8. The van der Waals surface area contributed by atoms with E-state index in [0.29, 0.717) is 64.2 Å². The molecule has 1 fully saturated rings. The fourth-order valence-electron chi connectivity index (χ4n) is 6.16. The highest BCUT2D eigenvalue weighted by atomic mass is 35.5. The monoisotopic (exact) mass is 693 g/mol. The number of nitrogens with zero attached hydrogens (tertiary/aromatic N) is 1. The second-order valence-corrected chi connectivity index (χ2v) is 12.5. The van der Waals surface area contributed by atoms with Crippen LogP contribution in [0.1, 0.15) is 34.3 Å². The van der Waals surface area contributed by atoms with E-state index in [1.54, 1.807) is 66.4 Å². The van der Waals surface area contributed by atoms with Crippen LogP contribution in [0.25, 0.3) is 10.8 Å². The number of para-hydroxylation sites is 1. The topological polar surface area (TPSA) is 126 Å². The maximum atomic E-state index is 14.1. The number of urea groups is 1. The number of carboxylic acids is 1. The van der Waals surface area contributed by atoms with Crippen molar-refractivity contribution in [3.8, 4) is 17.2 Å². The standard InChI is InChI=1S/C39H36ClN3O7/c1-25-20-29(15-16-31(25)37(45)46)49-24-39(50-30-14-13-27-8-3-4-9-28(27)23-30)18-7-19-43(39)36(44)22-26-12-17-34(35(21-26)48-2)42-38(47)41-33-11-6-5-10-32(33)40/h3-6,8-17,20-21,23H,7,18-19,22,24H2,1-2H3,(H,45,46)(H2,41,42,47)/t39-/m0/s1. The number of rotatable bonds is 11. The molecule has 5 aromatic rings. The first-order chi connectivity index (χ1) is 24.1. The molecular weight excluding hydrogens is 658 g/mol. The largest absolute Gasteiger partial charge is 0.495 e. The Kier molecular flexibility index (Phi) is 10.1. The van der Waals surface area contributed by atoms with E-state index in [1.807, 2.05) is 42.5 Å². The van der Waals surface area contributed by atoms with Gasteiger partial charge in [0.15, 0.2) is 0 Å². The van der Waals surface area contributed by atoms with Crippen molar-refractivity contribution >= 4 is 51.7 Å². The van der Waals surface area contributed by atoms with Crippen molar-refractivity contribution in [2.24, 2.45) is 0 Å². The van der Waals surface area contributed by atoms with Gasteiger partial charge in [-0.3, -0.25) is 4.79 Å². The summed E-state index contributed by atoms with van der Waals surface area (Å²) < 4.78 is 18.5. The summed E-state index contributed by atoms with van der Waals surface area (Å²) in [5.74, 6) is 0.256. The third kappa shape index (κ3) is 7.61. The lowest BCUT2D eigenvalue weighted by atomic mass is 10.1. The Bertz CT molecular complexity index is 2070. The van der Waals surface area contributed by atoms with Crippen LogP contribution in [0.15, 0.2) is 103 Å².